The molecule has 4 nitrogen and oxygen atoms in total. The highest BCUT2D eigenvalue weighted by Crippen LogP contribution is 2.05. The molecule has 0 radical (unpaired) electrons. The predicted octanol–water partition coefficient (Wildman–Crippen LogP) is 1.44. The highest BCUT2D eigenvalue weighted by molar-refractivity contribution is 6.88. The molecule has 0 aliphatic heterocycles. The van der Waals surface area contributed by atoms with E-state index in [1.54, 1.807) is 13.1 Å². The number of aryl methyl sites for hydroxylation is 1. The zero-order chi connectivity index (χ0) is 14.9. The lowest BCUT2D eigenvalue weighted by Crippen LogP contribution is -2.37. The third-order valence-electron chi connectivity index (χ3n) is 3.36. The summed E-state index contributed by atoms with van der Waals surface area (Å²) in [4.78, 5) is 25.4. The van der Waals surface area contributed by atoms with Crippen molar-refractivity contribution in [2.24, 2.45) is 0 Å². The molecule has 2 rings (SSSR count). The van der Waals surface area contributed by atoms with Gasteiger partial charge in [-0.3, -0.25) is 14.3 Å². The number of nitrogens with one attached hydrogen (secondary N) is 1. The molecule has 0 unspecified atom stereocenters. The first-order valence-electron chi connectivity index (χ1n) is 6.67. The molecule has 0 aliphatic carbocycles. The van der Waals surface area contributed by atoms with Crippen molar-refractivity contribution in [1.82, 2.24) is 9.55 Å². The van der Waals surface area contributed by atoms with Crippen LogP contribution in [0.15, 0.2) is 40.1 Å². The van der Waals surface area contributed by atoms with Gasteiger partial charge in [0.2, 0.25) is 0 Å². The van der Waals surface area contributed by atoms with Crippen molar-refractivity contribution in [2.75, 3.05) is 0 Å². The van der Waals surface area contributed by atoms with Crippen molar-refractivity contribution in [3.8, 4) is 0 Å². The highest BCUT2D eigenvalue weighted by Gasteiger charge is 2.15. The number of benzene rings is 1. The molecule has 1 N–H and O–H groups in total. The summed E-state index contributed by atoms with van der Waals surface area (Å²) < 4.78 is 1.53. The summed E-state index contributed by atoms with van der Waals surface area (Å²) in [5.74, 6) is 0. The van der Waals surface area contributed by atoms with Gasteiger partial charge in [-0.05, 0) is 12.5 Å². The quantitative estimate of drug-likeness (QED) is 0.869. The second-order valence-corrected chi connectivity index (χ2v) is 11.2. The van der Waals surface area contributed by atoms with Crippen molar-refractivity contribution in [3.63, 3.8) is 0 Å². The first-order valence-corrected chi connectivity index (χ1v) is 10.2. The molecule has 0 saturated heterocycles. The SMILES string of the molecule is Cc1cn(Cc2ccc([Si](C)(C)C)cc2)c(=O)[nH]c1=O. The summed E-state index contributed by atoms with van der Waals surface area (Å²) in [5.41, 5.74) is 0.916. The lowest BCUT2D eigenvalue weighted by atomic mass is 10.2. The number of H-pyrrole nitrogens is 1. The van der Waals surface area contributed by atoms with E-state index in [1.165, 1.54) is 9.75 Å². The normalized spacial score (nSPS) is 11.6. The van der Waals surface area contributed by atoms with Crippen LogP contribution in [-0.2, 0) is 6.54 Å². The monoisotopic (exact) mass is 288 g/mol. The second kappa shape index (κ2) is 5.24. The van der Waals surface area contributed by atoms with E-state index in [1.807, 2.05) is 0 Å². The van der Waals surface area contributed by atoms with Crippen LogP contribution in [0.5, 0.6) is 0 Å². The van der Waals surface area contributed by atoms with E-state index in [2.05, 4.69) is 48.9 Å². The summed E-state index contributed by atoms with van der Waals surface area (Å²) in [6.07, 6.45) is 1.60. The molecule has 0 aliphatic rings. The molecule has 0 amide bonds. The van der Waals surface area contributed by atoms with Crippen LogP contribution < -0.4 is 16.4 Å². The lowest BCUT2D eigenvalue weighted by Gasteiger charge is -2.17. The van der Waals surface area contributed by atoms with Gasteiger partial charge in [-0.25, -0.2) is 4.79 Å². The smallest absolute Gasteiger partial charge is 0.296 e. The fourth-order valence-electron chi connectivity index (χ4n) is 2.04. The molecule has 20 heavy (non-hydrogen) atoms. The van der Waals surface area contributed by atoms with Gasteiger partial charge in [-0.2, -0.15) is 0 Å². The maximum atomic E-state index is 11.7. The fraction of sp³-hybridized carbons (Fsp3) is 0.333. The average Bonchev–Trinajstić information content (AvgIpc) is 2.35. The first-order chi connectivity index (χ1) is 9.27. The standard InChI is InChI=1S/C15H20N2O2Si/c1-11-9-17(15(19)16-14(11)18)10-12-5-7-13(8-6-12)20(2,3)4/h5-9H,10H2,1-4H3,(H,16,18,19). The second-order valence-electron chi connectivity index (χ2n) is 6.15. The molecule has 1 aromatic carbocycles. The Morgan fingerprint density at radius 1 is 1.10 bits per heavy atom. The van der Waals surface area contributed by atoms with Gasteiger partial charge in [0.05, 0.1) is 14.6 Å². The molecule has 5 heteroatoms. The van der Waals surface area contributed by atoms with Crippen LogP contribution in [0, 0.1) is 6.92 Å². The number of aromatic amines is 1. The van der Waals surface area contributed by atoms with Crippen LogP contribution >= 0.6 is 0 Å². The number of aromatic nitrogens is 2. The average molecular weight is 288 g/mol. The van der Waals surface area contributed by atoms with Crippen molar-refractivity contribution >= 4 is 13.3 Å². The molecule has 106 valence electrons. The fourth-order valence-corrected chi connectivity index (χ4v) is 3.21. The van der Waals surface area contributed by atoms with Gasteiger partial charge in [0.1, 0.15) is 0 Å². The Bertz CT molecular complexity index is 721. The van der Waals surface area contributed by atoms with E-state index in [0.717, 1.165) is 5.56 Å². The zero-order valence-corrected chi connectivity index (χ0v) is 13.4. The van der Waals surface area contributed by atoms with Crippen LogP contribution in [0.3, 0.4) is 0 Å². The Hall–Kier alpha value is -1.88. The Kier molecular flexibility index (Phi) is 3.81. The summed E-state index contributed by atoms with van der Waals surface area (Å²) in [5, 5.41) is 1.39. The van der Waals surface area contributed by atoms with Crippen molar-refractivity contribution in [3.05, 3.63) is 62.4 Å². The van der Waals surface area contributed by atoms with Crippen molar-refractivity contribution in [2.45, 2.75) is 33.1 Å². The minimum absolute atomic E-state index is 0.319. The number of hydrogen-bond acceptors (Lipinski definition) is 2. The lowest BCUT2D eigenvalue weighted by molar-refractivity contribution is 0.714. The van der Waals surface area contributed by atoms with Gasteiger partial charge in [-0.1, -0.05) is 49.1 Å². The maximum absolute atomic E-state index is 11.7. The predicted molar refractivity (Wildman–Crippen MR) is 84.6 cm³/mol. The van der Waals surface area contributed by atoms with Crippen LogP contribution in [0.4, 0.5) is 0 Å². The van der Waals surface area contributed by atoms with Gasteiger partial charge >= 0.3 is 5.69 Å². The minimum Gasteiger partial charge on any atom is -0.296 e. The molecular weight excluding hydrogens is 268 g/mol. The third kappa shape index (κ3) is 3.16. The van der Waals surface area contributed by atoms with E-state index in [-0.39, 0.29) is 11.2 Å². The molecule has 0 atom stereocenters. The van der Waals surface area contributed by atoms with Crippen LogP contribution in [0.1, 0.15) is 11.1 Å². The minimum atomic E-state index is -1.29. The Labute approximate surface area is 119 Å². The van der Waals surface area contributed by atoms with E-state index in [4.69, 9.17) is 0 Å². The summed E-state index contributed by atoms with van der Waals surface area (Å²) in [6, 6.07) is 8.40. The zero-order valence-electron chi connectivity index (χ0n) is 12.4. The molecule has 0 spiro atoms. The molecule has 0 fully saturated rings. The Morgan fingerprint density at radius 2 is 1.70 bits per heavy atom. The van der Waals surface area contributed by atoms with E-state index in [9.17, 15) is 9.59 Å². The van der Waals surface area contributed by atoms with Gasteiger partial charge in [0.15, 0.2) is 0 Å². The third-order valence-corrected chi connectivity index (χ3v) is 5.43. The van der Waals surface area contributed by atoms with E-state index < -0.39 is 8.07 Å². The maximum Gasteiger partial charge on any atom is 0.328 e. The number of nitrogens with zero attached hydrogens (tertiary/aromatic N) is 1. The molecule has 2 aromatic rings. The summed E-state index contributed by atoms with van der Waals surface area (Å²) >= 11 is 0. The molecule has 0 saturated carbocycles. The van der Waals surface area contributed by atoms with Crippen LogP contribution in [-0.4, -0.2) is 17.6 Å². The van der Waals surface area contributed by atoms with Crippen LogP contribution in [0.2, 0.25) is 19.6 Å². The molecule has 1 aromatic heterocycles. The highest BCUT2D eigenvalue weighted by atomic mass is 28.3. The molecular formula is C15H20N2O2Si. The summed E-state index contributed by atoms with van der Waals surface area (Å²) in [6.45, 7) is 9.08. The summed E-state index contributed by atoms with van der Waals surface area (Å²) in [7, 11) is -1.29. The van der Waals surface area contributed by atoms with Crippen LogP contribution in [0.25, 0.3) is 0 Å². The van der Waals surface area contributed by atoms with Crippen molar-refractivity contribution < 1.29 is 0 Å². The largest absolute Gasteiger partial charge is 0.328 e. The first kappa shape index (κ1) is 14.5. The Morgan fingerprint density at radius 3 is 2.25 bits per heavy atom. The number of hydrogen-bond donors (Lipinski definition) is 1. The van der Waals surface area contributed by atoms with E-state index >= 15 is 0 Å². The number of rotatable bonds is 3. The topological polar surface area (TPSA) is 54.9 Å². The van der Waals surface area contributed by atoms with Gasteiger partial charge < -0.3 is 0 Å². The van der Waals surface area contributed by atoms with Gasteiger partial charge in [0, 0.05) is 11.8 Å². The van der Waals surface area contributed by atoms with Gasteiger partial charge in [0.25, 0.3) is 5.56 Å². The Balaban J connectivity index is 2.29. The van der Waals surface area contributed by atoms with Crippen molar-refractivity contribution in [1.29, 1.82) is 0 Å². The molecule has 0 bridgehead atoms. The van der Waals surface area contributed by atoms with E-state index in [0.29, 0.717) is 12.1 Å². The van der Waals surface area contributed by atoms with Gasteiger partial charge in [-0.15, -0.1) is 0 Å². The molecule has 1 heterocycles.